The number of nitrogens with one attached hydrogen (secondary N) is 1. The number of nitrogens with zero attached hydrogens (tertiary/aromatic N) is 2. The van der Waals surface area contributed by atoms with Crippen molar-refractivity contribution in [2.24, 2.45) is 0 Å². The van der Waals surface area contributed by atoms with Crippen LogP contribution < -0.4 is 10.2 Å². The molecule has 1 aromatic rings. The van der Waals surface area contributed by atoms with E-state index in [1.165, 1.54) is 5.57 Å². The van der Waals surface area contributed by atoms with Gasteiger partial charge in [0.25, 0.3) is 0 Å². The lowest BCUT2D eigenvalue weighted by Gasteiger charge is -2.28. The standard InChI is InChI=1S/C15H23N3/c1-12-7-6-10-18(11-12)14-9-5-8-13(16-14)17-15(2,3)4/h5,7-9H,6,10-11H2,1-4H3,(H,16,17). The summed E-state index contributed by atoms with van der Waals surface area (Å²) < 4.78 is 0. The first kappa shape index (κ1) is 12.9. The molecule has 98 valence electrons. The van der Waals surface area contributed by atoms with E-state index in [0.29, 0.717) is 0 Å². The van der Waals surface area contributed by atoms with Crippen molar-refractivity contribution in [2.45, 2.75) is 39.7 Å². The van der Waals surface area contributed by atoms with E-state index in [1.54, 1.807) is 0 Å². The van der Waals surface area contributed by atoms with Gasteiger partial charge in [-0.3, -0.25) is 0 Å². The third-order valence-electron chi connectivity index (χ3n) is 2.89. The van der Waals surface area contributed by atoms with E-state index >= 15 is 0 Å². The second-order valence-corrected chi connectivity index (χ2v) is 6.02. The molecule has 0 unspecified atom stereocenters. The van der Waals surface area contributed by atoms with Crippen molar-refractivity contribution in [3.8, 4) is 0 Å². The first-order valence-electron chi connectivity index (χ1n) is 6.60. The zero-order valence-corrected chi connectivity index (χ0v) is 11.8. The Morgan fingerprint density at radius 3 is 2.72 bits per heavy atom. The van der Waals surface area contributed by atoms with Gasteiger partial charge in [-0.25, -0.2) is 4.98 Å². The number of hydrogen-bond donors (Lipinski definition) is 1. The van der Waals surface area contributed by atoms with E-state index in [9.17, 15) is 0 Å². The van der Waals surface area contributed by atoms with Crippen LogP contribution in [0, 0.1) is 0 Å². The Labute approximate surface area is 110 Å². The second kappa shape index (κ2) is 5.01. The summed E-state index contributed by atoms with van der Waals surface area (Å²) in [5, 5.41) is 3.42. The van der Waals surface area contributed by atoms with E-state index in [4.69, 9.17) is 4.98 Å². The fourth-order valence-electron chi connectivity index (χ4n) is 2.16. The van der Waals surface area contributed by atoms with Crippen LogP contribution in [-0.2, 0) is 0 Å². The van der Waals surface area contributed by atoms with Gasteiger partial charge in [0.05, 0.1) is 0 Å². The fourth-order valence-corrected chi connectivity index (χ4v) is 2.16. The molecule has 2 rings (SSSR count). The minimum atomic E-state index is 0.0450. The molecule has 3 nitrogen and oxygen atoms in total. The van der Waals surface area contributed by atoms with Crippen molar-refractivity contribution in [2.75, 3.05) is 23.3 Å². The summed E-state index contributed by atoms with van der Waals surface area (Å²) in [5.41, 5.74) is 1.47. The molecular weight excluding hydrogens is 222 g/mol. The number of rotatable bonds is 2. The second-order valence-electron chi connectivity index (χ2n) is 6.02. The average molecular weight is 245 g/mol. The van der Waals surface area contributed by atoms with Gasteiger partial charge in [-0.05, 0) is 46.2 Å². The summed E-state index contributed by atoms with van der Waals surface area (Å²) in [7, 11) is 0. The number of hydrogen-bond acceptors (Lipinski definition) is 3. The topological polar surface area (TPSA) is 28.2 Å². The van der Waals surface area contributed by atoms with Crippen LogP contribution in [0.15, 0.2) is 29.8 Å². The highest BCUT2D eigenvalue weighted by molar-refractivity contribution is 5.49. The first-order chi connectivity index (χ1) is 8.44. The maximum Gasteiger partial charge on any atom is 0.131 e. The van der Waals surface area contributed by atoms with Gasteiger partial charge in [-0.15, -0.1) is 0 Å². The normalized spacial score (nSPS) is 16.4. The minimum absolute atomic E-state index is 0.0450. The van der Waals surface area contributed by atoms with Crippen LogP contribution >= 0.6 is 0 Å². The summed E-state index contributed by atoms with van der Waals surface area (Å²) >= 11 is 0. The van der Waals surface area contributed by atoms with Crippen LogP contribution in [0.4, 0.5) is 11.6 Å². The third kappa shape index (κ3) is 3.49. The predicted molar refractivity (Wildman–Crippen MR) is 78.2 cm³/mol. The van der Waals surface area contributed by atoms with Gasteiger partial charge in [-0.2, -0.15) is 0 Å². The van der Waals surface area contributed by atoms with Crippen LogP contribution in [0.2, 0.25) is 0 Å². The molecule has 0 saturated carbocycles. The van der Waals surface area contributed by atoms with Gasteiger partial charge in [0.2, 0.25) is 0 Å². The fraction of sp³-hybridized carbons (Fsp3) is 0.533. The Hall–Kier alpha value is -1.51. The molecule has 0 atom stereocenters. The van der Waals surface area contributed by atoms with Crippen LogP contribution in [0.5, 0.6) is 0 Å². The maximum atomic E-state index is 4.70. The number of aromatic nitrogens is 1. The van der Waals surface area contributed by atoms with Crippen molar-refractivity contribution in [1.82, 2.24) is 4.98 Å². The lowest BCUT2D eigenvalue weighted by atomic mass is 10.1. The summed E-state index contributed by atoms with van der Waals surface area (Å²) in [5.74, 6) is 2.02. The summed E-state index contributed by atoms with van der Waals surface area (Å²) in [6, 6.07) is 6.19. The molecule has 0 fully saturated rings. The van der Waals surface area contributed by atoms with Gasteiger partial charge >= 0.3 is 0 Å². The molecule has 0 spiro atoms. The van der Waals surface area contributed by atoms with Crippen molar-refractivity contribution in [1.29, 1.82) is 0 Å². The molecule has 0 bridgehead atoms. The summed E-state index contributed by atoms with van der Waals surface area (Å²) in [4.78, 5) is 7.04. The molecule has 0 amide bonds. The largest absolute Gasteiger partial charge is 0.365 e. The van der Waals surface area contributed by atoms with E-state index in [1.807, 2.05) is 6.07 Å². The lowest BCUT2D eigenvalue weighted by Crippen LogP contribution is -2.31. The van der Waals surface area contributed by atoms with Crippen LogP contribution in [0.1, 0.15) is 34.1 Å². The van der Waals surface area contributed by atoms with E-state index in [0.717, 1.165) is 31.1 Å². The zero-order chi connectivity index (χ0) is 13.2. The molecule has 0 saturated heterocycles. The summed E-state index contributed by atoms with van der Waals surface area (Å²) in [6.07, 6.45) is 3.43. The highest BCUT2D eigenvalue weighted by Crippen LogP contribution is 2.20. The number of anilines is 2. The molecule has 18 heavy (non-hydrogen) atoms. The van der Waals surface area contributed by atoms with Crippen LogP contribution in [0.3, 0.4) is 0 Å². The maximum absolute atomic E-state index is 4.70. The van der Waals surface area contributed by atoms with E-state index < -0.39 is 0 Å². The number of pyridine rings is 1. The molecule has 2 heterocycles. The highest BCUT2D eigenvalue weighted by Gasteiger charge is 2.14. The van der Waals surface area contributed by atoms with Gasteiger partial charge in [-0.1, -0.05) is 17.7 Å². The summed E-state index contributed by atoms with van der Waals surface area (Å²) in [6.45, 7) is 10.7. The predicted octanol–water partition coefficient (Wildman–Crippen LogP) is 3.45. The molecule has 1 aromatic heterocycles. The zero-order valence-electron chi connectivity index (χ0n) is 11.8. The molecule has 0 aromatic carbocycles. The molecule has 1 N–H and O–H groups in total. The highest BCUT2D eigenvalue weighted by atomic mass is 15.2. The SMILES string of the molecule is CC1=CCCN(c2cccc(NC(C)(C)C)n2)C1. The molecule has 1 aliphatic rings. The molecule has 3 heteroatoms. The molecule has 0 aliphatic carbocycles. The molecule has 0 radical (unpaired) electrons. The van der Waals surface area contributed by atoms with Crippen molar-refractivity contribution >= 4 is 11.6 Å². The lowest BCUT2D eigenvalue weighted by molar-refractivity contribution is 0.630. The Bertz CT molecular complexity index is 443. The van der Waals surface area contributed by atoms with Crippen LogP contribution in [-0.4, -0.2) is 23.6 Å². The van der Waals surface area contributed by atoms with Crippen molar-refractivity contribution < 1.29 is 0 Å². The Morgan fingerprint density at radius 2 is 2.06 bits per heavy atom. The monoisotopic (exact) mass is 245 g/mol. The van der Waals surface area contributed by atoms with Gasteiger partial charge in [0.15, 0.2) is 0 Å². The van der Waals surface area contributed by atoms with Gasteiger partial charge in [0, 0.05) is 18.6 Å². The average Bonchev–Trinajstić information content (AvgIpc) is 2.27. The van der Waals surface area contributed by atoms with E-state index in [-0.39, 0.29) is 5.54 Å². The quantitative estimate of drug-likeness (QED) is 0.809. The van der Waals surface area contributed by atoms with Crippen LogP contribution in [0.25, 0.3) is 0 Å². The Kier molecular flexibility index (Phi) is 3.60. The molecular formula is C15H23N3. The van der Waals surface area contributed by atoms with Crippen molar-refractivity contribution in [3.05, 3.63) is 29.8 Å². The van der Waals surface area contributed by atoms with Crippen molar-refractivity contribution in [3.63, 3.8) is 0 Å². The Morgan fingerprint density at radius 1 is 1.28 bits per heavy atom. The van der Waals surface area contributed by atoms with Gasteiger partial charge in [0.1, 0.15) is 11.6 Å². The Balaban J connectivity index is 2.14. The van der Waals surface area contributed by atoms with E-state index in [2.05, 4.69) is 56.1 Å². The molecule has 1 aliphatic heterocycles. The third-order valence-corrected chi connectivity index (χ3v) is 2.89. The smallest absolute Gasteiger partial charge is 0.131 e. The minimum Gasteiger partial charge on any atom is -0.365 e. The van der Waals surface area contributed by atoms with Gasteiger partial charge < -0.3 is 10.2 Å². The first-order valence-corrected chi connectivity index (χ1v) is 6.60.